The summed E-state index contributed by atoms with van der Waals surface area (Å²) in [6.45, 7) is 2.53. The van der Waals surface area contributed by atoms with Crippen molar-refractivity contribution in [1.82, 2.24) is 10.2 Å². The Morgan fingerprint density at radius 3 is 2.40 bits per heavy atom. The van der Waals surface area contributed by atoms with Crippen LogP contribution >= 0.6 is 0 Å². The zero-order valence-electron chi connectivity index (χ0n) is 16.4. The van der Waals surface area contributed by atoms with Crippen LogP contribution in [0.4, 0.5) is 0 Å². The van der Waals surface area contributed by atoms with Gasteiger partial charge >= 0.3 is 0 Å². The average molecular weight is 404 g/mol. The third kappa shape index (κ3) is 3.69. The first kappa shape index (κ1) is 19.4. The number of nitrogens with one attached hydrogen (secondary N) is 1. The molecular formula is C23H20N2O5. The molecule has 30 heavy (non-hydrogen) atoms. The van der Waals surface area contributed by atoms with Gasteiger partial charge in [-0.1, -0.05) is 18.2 Å². The van der Waals surface area contributed by atoms with Crippen molar-refractivity contribution >= 4 is 17.7 Å². The molecule has 2 heterocycles. The number of hydrogen-bond donors (Lipinski definition) is 1. The lowest BCUT2D eigenvalue weighted by Gasteiger charge is -2.16. The number of rotatable bonds is 7. The lowest BCUT2D eigenvalue weighted by atomic mass is 10.1. The Bertz CT molecular complexity index is 1070. The van der Waals surface area contributed by atoms with Crippen LogP contribution in [-0.4, -0.2) is 29.2 Å². The van der Waals surface area contributed by atoms with E-state index in [1.54, 1.807) is 54.6 Å². The molecule has 0 unspecified atom stereocenters. The first-order valence-electron chi connectivity index (χ1n) is 9.60. The summed E-state index contributed by atoms with van der Waals surface area (Å²) in [5.41, 5.74) is 1.77. The number of imide groups is 1. The van der Waals surface area contributed by atoms with Gasteiger partial charge in [0.1, 0.15) is 11.5 Å². The number of hydrogen-bond acceptors (Lipinski definition) is 5. The molecule has 0 bridgehead atoms. The molecule has 7 heteroatoms. The quantitative estimate of drug-likeness (QED) is 0.610. The van der Waals surface area contributed by atoms with Crippen LogP contribution in [0, 0.1) is 0 Å². The minimum atomic E-state index is -0.340. The van der Waals surface area contributed by atoms with Crippen LogP contribution in [0.1, 0.15) is 49.3 Å². The van der Waals surface area contributed by atoms with Crippen LogP contribution in [-0.2, 0) is 13.1 Å². The highest BCUT2D eigenvalue weighted by atomic mass is 16.5. The maximum Gasteiger partial charge on any atom is 0.261 e. The van der Waals surface area contributed by atoms with E-state index in [4.69, 9.17) is 9.15 Å². The van der Waals surface area contributed by atoms with E-state index in [0.29, 0.717) is 40.4 Å². The van der Waals surface area contributed by atoms with E-state index in [2.05, 4.69) is 5.32 Å². The van der Waals surface area contributed by atoms with Gasteiger partial charge in [-0.3, -0.25) is 19.3 Å². The third-order valence-corrected chi connectivity index (χ3v) is 4.81. The fraction of sp³-hybridized carbons (Fsp3) is 0.174. The Morgan fingerprint density at radius 1 is 1.03 bits per heavy atom. The molecule has 1 aliphatic rings. The molecule has 152 valence electrons. The smallest absolute Gasteiger partial charge is 0.261 e. The van der Waals surface area contributed by atoms with Crippen molar-refractivity contribution in [3.8, 4) is 5.75 Å². The molecule has 0 saturated heterocycles. The van der Waals surface area contributed by atoms with Crippen molar-refractivity contribution in [2.24, 2.45) is 0 Å². The summed E-state index contributed by atoms with van der Waals surface area (Å²) in [6.07, 6.45) is 1.54. The van der Waals surface area contributed by atoms with Gasteiger partial charge < -0.3 is 14.5 Å². The normalized spacial score (nSPS) is 12.8. The predicted octanol–water partition coefficient (Wildman–Crippen LogP) is 3.40. The van der Waals surface area contributed by atoms with Crippen LogP contribution in [0.3, 0.4) is 0 Å². The Kier molecular flexibility index (Phi) is 5.34. The summed E-state index contributed by atoms with van der Waals surface area (Å²) in [4.78, 5) is 39.2. The molecule has 0 spiro atoms. The van der Waals surface area contributed by atoms with E-state index < -0.39 is 0 Å². The molecule has 0 aliphatic carbocycles. The summed E-state index contributed by atoms with van der Waals surface area (Å²) in [5, 5.41) is 2.79. The molecule has 1 aliphatic heterocycles. The van der Waals surface area contributed by atoms with E-state index in [1.807, 2.05) is 6.92 Å². The number of benzene rings is 2. The topological polar surface area (TPSA) is 88.8 Å². The number of amides is 3. The van der Waals surface area contributed by atoms with Crippen molar-refractivity contribution in [2.75, 3.05) is 6.61 Å². The number of ether oxygens (including phenoxy) is 1. The highest BCUT2D eigenvalue weighted by Gasteiger charge is 2.35. The summed E-state index contributed by atoms with van der Waals surface area (Å²) >= 11 is 0. The van der Waals surface area contributed by atoms with Crippen molar-refractivity contribution < 1.29 is 23.5 Å². The second-order valence-electron chi connectivity index (χ2n) is 6.77. The standard InChI is InChI=1S/C23H20N2O5/c1-2-29-20-10-9-15(12-19(20)21(26)24-13-16-6-5-11-30-16)14-25-22(27)17-7-3-4-8-18(17)23(25)28/h3-12H,2,13-14H2,1H3,(H,24,26). The Labute approximate surface area is 173 Å². The van der Waals surface area contributed by atoms with Gasteiger partial charge in [0.25, 0.3) is 17.7 Å². The van der Waals surface area contributed by atoms with E-state index in [1.165, 1.54) is 11.2 Å². The predicted molar refractivity (Wildman–Crippen MR) is 108 cm³/mol. The largest absolute Gasteiger partial charge is 0.493 e. The van der Waals surface area contributed by atoms with Crippen molar-refractivity contribution in [3.63, 3.8) is 0 Å². The highest BCUT2D eigenvalue weighted by molar-refractivity contribution is 6.21. The fourth-order valence-electron chi connectivity index (χ4n) is 3.38. The number of fused-ring (bicyclic) bond motifs is 1. The summed E-state index contributed by atoms with van der Waals surface area (Å²) in [6, 6.07) is 15.3. The highest BCUT2D eigenvalue weighted by Crippen LogP contribution is 2.26. The molecule has 2 aromatic carbocycles. The Morgan fingerprint density at radius 2 is 1.77 bits per heavy atom. The van der Waals surface area contributed by atoms with Crippen molar-refractivity contribution in [3.05, 3.63) is 88.9 Å². The second-order valence-corrected chi connectivity index (χ2v) is 6.77. The minimum absolute atomic E-state index is 0.0667. The maximum absolute atomic E-state index is 12.8. The van der Waals surface area contributed by atoms with Gasteiger partial charge in [-0.05, 0) is 48.9 Å². The SMILES string of the molecule is CCOc1ccc(CN2C(=O)c3ccccc3C2=O)cc1C(=O)NCc1ccco1. The zero-order valence-corrected chi connectivity index (χ0v) is 16.4. The fourth-order valence-corrected chi connectivity index (χ4v) is 3.38. The van der Waals surface area contributed by atoms with Gasteiger partial charge in [-0.15, -0.1) is 0 Å². The molecule has 3 aromatic rings. The average Bonchev–Trinajstić information content (AvgIpc) is 3.36. The molecule has 4 rings (SSSR count). The van der Waals surface area contributed by atoms with Gasteiger partial charge in [0.2, 0.25) is 0 Å². The van der Waals surface area contributed by atoms with Gasteiger partial charge in [0, 0.05) is 0 Å². The van der Waals surface area contributed by atoms with E-state index in [9.17, 15) is 14.4 Å². The van der Waals surface area contributed by atoms with E-state index in [-0.39, 0.29) is 30.8 Å². The van der Waals surface area contributed by atoms with Crippen LogP contribution < -0.4 is 10.1 Å². The van der Waals surface area contributed by atoms with Crippen LogP contribution in [0.5, 0.6) is 5.75 Å². The second kappa shape index (κ2) is 8.24. The molecule has 7 nitrogen and oxygen atoms in total. The maximum atomic E-state index is 12.8. The van der Waals surface area contributed by atoms with Gasteiger partial charge in [0.05, 0.1) is 42.6 Å². The first-order valence-corrected chi connectivity index (χ1v) is 9.60. The lowest BCUT2D eigenvalue weighted by Crippen LogP contribution is -2.29. The van der Waals surface area contributed by atoms with Crippen LogP contribution in [0.25, 0.3) is 0 Å². The molecule has 0 saturated carbocycles. The van der Waals surface area contributed by atoms with E-state index >= 15 is 0 Å². The molecule has 3 amide bonds. The number of carbonyl (C=O) groups excluding carboxylic acids is 3. The Balaban J connectivity index is 1.56. The summed E-state index contributed by atoms with van der Waals surface area (Å²) in [7, 11) is 0. The van der Waals surface area contributed by atoms with Crippen molar-refractivity contribution in [1.29, 1.82) is 0 Å². The van der Waals surface area contributed by atoms with Gasteiger partial charge in [0.15, 0.2) is 0 Å². The number of nitrogens with zero attached hydrogens (tertiary/aromatic N) is 1. The number of carbonyl (C=O) groups is 3. The molecule has 1 N–H and O–H groups in total. The molecule has 0 radical (unpaired) electrons. The monoisotopic (exact) mass is 404 g/mol. The lowest BCUT2D eigenvalue weighted by molar-refractivity contribution is 0.0642. The molecule has 0 fully saturated rings. The Hall–Kier alpha value is -3.87. The number of furan rings is 1. The van der Waals surface area contributed by atoms with Gasteiger partial charge in [-0.2, -0.15) is 0 Å². The third-order valence-electron chi connectivity index (χ3n) is 4.81. The first-order chi connectivity index (χ1) is 14.6. The van der Waals surface area contributed by atoms with Crippen LogP contribution in [0.2, 0.25) is 0 Å². The molecule has 0 atom stereocenters. The molecular weight excluding hydrogens is 384 g/mol. The van der Waals surface area contributed by atoms with Crippen LogP contribution in [0.15, 0.2) is 65.3 Å². The summed E-state index contributed by atoms with van der Waals surface area (Å²) < 4.78 is 10.8. The minimum Gasteiger partial charge on any atom is -0.493 e. The zero-order chi connectivity index (χ0) is 21.1. The summed E-state index contributed by atoms with van der Waals surface area (Å²) in [5.74, 6) is 0.0460. The van der Waals surface area contributed by atoms with Gasteiger partial charge in [-0.25, -0.2) is 0 Å². The van der Waals surface area contributed by atoms with Crippen molar-refractivity contribution in [2.45, 2.75) is 20.0 Å². The van der Waals surface area contributed by atoms with E-state index in [0.717, 1.165) is 0 Å². The molecule has 1 aromatic heterocycles.